The van der Waals surface area contributed by atoms with Crippen LogP contribution in [0.1, 0.15) is 68.7 Å². The molecule has 3 nitrogen and oxygen atoms in total. The van der Waals surface area contributed by atoms with Gasteiger partial charge in [0.2, 0.25) is 5.88 Å². The zero-order valence-electron chi connectivity index (χ0n) is 13.2. The number of fused-ring (bicyclic) bond motifs is 1. The van der Waals surface area contributed by atoms with E-state index in [9.17, 15) is 0 Å². The van der Waals surface area contributed by atoms with Crippen LogP contribution in [0.4, 0.5) is 0 Å². The Labute approximate surface area is 128 Å². The predicted octanol–water partition coefficient (Wildman–Crippen LogP) is 3.77. The maximum absolute atomic E-state index is 6.28. The average Bonchev–Trinajstić information content (AvgIpc) is 2.54. The Kier molecular flexibility index (Phi) is 4.79. The molecule has 2 atom stereocenters. The second-order valence-electron chi connectivity index (χ2n) is 6.65. The molecule has 1 aromatic rings. The van der Waals surface area contributed by atoms with Gasteiger partial charge in [-0.1, -0.05) is 19.8 Å². The summed E-state index contributed by atoms with van der Waals surface area (Å²) in [5.41, 5.74) is 9.65. The Morgan fingerprint density at radius 3 is 2.90 bits per heavy atom. The van der Waals surface area contributed by atoms with Crippen molar-refractivity contribution in [3.63, 3.8) is 0 Å². The smallest absolute Gasteiger partial charge is 0.218 e. The van der Waals surface area contributed by atoms with Crippen LogP contribution in [-0.2, 0) is 19.4 Å². The van der Waals surface area contributed by atoms with Crippen LogP contribution in [0.15, 0.2) is 6.07 Å². The molecule has 1 aromatic heterocycles. The molecule has 2 N–H and O–H groups in total. The van der Waals surface area contributed by atoms with Gasteiger partial charge in [-0.05, 0) is 62.5 Å². The highest BCUT2D eigenvalue weighted by atomic mass is 16.5. The summed E-state index contributed by atoms with van der Waals surface area (Å²) in [4.78, 5) is 4.83. The van der Waals surface area contributed by atoms with Gasteiger partial charge in [-0.25, -0.2) is 4.98 Å². The highest BCUT2D eigenvalue weighted by Gasteiger charge is 2.24. The van der Waals surface area contributed by atoms with Crippen LogP contribution in [0, 0.1) is 5.92 Å². The number of aryl methyl sites for hydroxylation is 2. The largest absolute Gasteiger partial charge is 0.474 e. The quantitative estimate of drug-likeness (QED) is 0.917. The van der Waals surface area contributed by atoms with E-state index in [1.54, 1.807) is 0 Å². The Balaban J connectivity index is 1.77. The number of aromatic nitrogens is 1. The lowest BCUT2D eigenvalue weighted by Gasteiger charge is -2.29. The van der Waals surface area contributed by atoms with E-state index in [4.69, 9.17) is 15.5 Å². The van der Waals surface area contributed by atoms with Crippen molar-refractivity contribution in [3.05, 3.63) is 22.9 Å². The number of hydrogen-bond acceptors (Lipinski definition) is 3. The van der Waals surface area contributed by atoms with E-state index in [-0.39, 0.29) is 0 Å². The Morgan fingerprint density at radius 2 is 2.10 bits per heavy atom. The van der Waals surface area contributed by atoms with Crippen molar-refractivity contribution in [2.75, 3.05) is 0 Å². The van der Waals surface area contributed by atoms with E-state index in [1.165, 1.54) is 56.2 Å². The molecule has 2 aliphatic rings. The number of rotatable bonds is 4. The van der Waals surface area contributed by atoms with E-state index >= 15 is 0 Å². The lowest BCUT2D eigenvalue weighted by molar-refractivity contribution is 0.115. The van der Waals surface area contributed by atoms with Gasteiger partial charge in [-0.3, -0.25) is 0 Å². The van der Waals surface area contributed by atoms with E-state index in [0.29, 0.717) is 12.6 Å². The fraction of sp³-hybridized carbons (Fsp3) is 0.722. The van der Waals surface area contributed by atoms with Gasteiger partial charge >= 0.3 is 0 Å². The minimum Gasteiger partial charge on any atom is -0.474 e. The predicted molar refractivity (Wildman–Crippen MR) is 85.4 cm³/mol. The van der Waals surface area contributed by atoms with Crippen LogP contribution in [-0.4, -0.2) is 11.1 Å². The molecule has 0 amide bonds. The molecule has 0 aromatic carbocycles. The molecule has 3 rings (SSSR count). The van der Waals surface area contributed by atoms with Crippen LogP contribution >= 0.6 is 0 Å². The molecule has 1 saturated carbocycles. The fourth-order valence-electron chi connectivity index (χ4n) is 3.79. The van der Waals surface area contributed by atoms with Crippen molar-refractivity contribution < 1.29 is 4.74 Å². The van der Waals surface area contributed by atoms with Crippen LogP contribution < -0.4 is 10.5 Å². The first-order valence-electron chi connectivity index (χ1n) is 8.68. The zero-order chi connectivity index (χ0) is 14.7. The van der Waals surface area contributed by atoms with Crippen molar-refractivity contribution >= 4 is 0 Å². The summed E-state index contributed by atoms with van der Waals surface area (Å²) in [6, 6.07) is 2.25. The van der Waals surface area contributed by atoms with Gasteiger partial charge in [-0.15, -0.1) is 0 Å². The lowest BCUT2D eigenvalue weighted by atomic mass is 9.85. The third-order valence-electron chi connectivity index (χ3n) is 5.15. The minimum absolute atomic E-state index is 0.336. The average molecular weight is 288 g/mol. The van der Waals surface area contributed by atoms with Gasteiger partial charge in [0.15, 0.2) is 0 Å². The molecular weight excluding hydrogens is 260 g/mol. The van der Waals surface area contributed by atoms with Crippen LogP contribution in [0.3, 0.4) is 0 Å². The van der Waals surface area contributed by atoms with Crippen molar-refractivity contribution in [2.45, 2.75) is 77.4 Å². The van der Waals surface area contributed by atoms with Crippen molar-refractivity contribution in [1.29, 1.82) is 0 Å². The fourth-order valence-corrected chi connectivity index (χ4v) is 3.79. The summed E-state index contributed by atoms with van der Waals surface area (Å²) < 4.78 is 6.28. The summed E-state index contributed by atoms with van der Waals surface area (Å²) in [7, 11) is 0. The zero-order valence-corrected chi connectivity index (χ0v) is 13.2. The second-order valence-corrected chi connectivity index (χ2v) is 6.65. The molecule has 1 fully saturated rings. The molecule has 21 heavy (non-hydrogen) atoms. The minimum atomic E-state index is 0.336. The summed E-state index contributed by atoms with van der Waals surface area (Å²) in [5.74, 6) is 1.64. The van der Waals surface area contributed by atoms with Crippen LogP contribution in [0.5, 0.6) is 5.88 Å². The van der Waals surface area contributed by atoms with Crippen molar-refractivity contribution in [2.24, 2.45) is 11.7 Å². The Bertz CT molecular complexity index is 486. The Morgan fingerprint density at radius 1 is 1.24 bits per heavy atom. The maximum atomic E-state index is 6.28. The molecule has 0 aliphatic heterocycles. The number of hydrogen-bond donors (Lipinski definition) is 1. The Hall–Kier alpha value is -1.09. The van der Waals surface area contributed by atoms with Gasteiger partial charge in [0.25, 0.3) is 0 Å². The highest BCUT2D eigenvalue weighted by Crippen LogP contribution is 2.31. The maximum Gasteiger partial charge on any atom is 0.218 e. The molecule has 1 heterocycles. The molecule has 0 saturated heterocycles. The number of nitrogens with two attached hydrogens (primary N) is 1. The normalized spacial score (nSPS) is 25.4. The summed E-state index contributed by atoms with van der Waals surface area (Å²) in [5, 5.41) is 0. The standard InChI is InChI=1S/C18H28N2O/c1-2-13-6-5-8-16(10-13)21-18-15(12-19)11-14-7-3-4-9-17(14)20-18/h11,13,16H,2-10,12,19H2,1H3. The highest BCUT2D eigenvalue weighted by molar-refractivity contribution is 5.36. The van der Waals surface area contributed by atoms with E-state index in [1.807, 2.05) is 0 Å². The van der Waals surface area contributed by atoms with Crippen LogP contribution in [0.2, 0.25) is 0 Å². The summed E-state index contributed by atoms with van der Waals surface area (Å²) in [6.45, 7) is 2.81. The van der Waals surface area contributed by atoms with Gasteiger partial charge < -0.3 is 10.5 Å². The number of nitrogens with zero attached hydrogens (tertiary/aromatic N) is 1. The molecule has 2 unspecified atom stereocenters. The van der Waals surface area contributed by atoms with E-state index < -0.39 is 0 Å². The molecule has 2 aliphatic carbocycles. The van der Waals surface area contributed by atoms with Crippen molar-refractivity contribution in [3.8, 4) is 5.88 Å². The number of pyridine rings is 1. The molecule has 3 heteroatoms. The van der Waals surface area contributed by atoms with Gasteiger partial charge in [-0.2, -0.15) is 0 Å². The SMILES string of the molecule is CCC1CCCC(Oc2nc3c(cc2CN)CCCC3)C1. The van der Waals surface area contributed by atoms with Crippen molar-refractivity contribution in [1.82, 2.24) is 4.98 Å². The molecule has 116 valence electrons. The van der Waals surface area contributed by atoms with Gasteiger partial charge in [0.05, 0.1) is 0 Å². The van der Waals surface area contributed by atoms with E-state index in [0.717, 1.165) is 30.2 Å². The molecule has 0 bridgehead atoms. The molecule has 0 spiro atoms. The lowest BCUT2D eigenvalue weighted by Crippen LogP contribution is -2.26. The summed E-state index contributed by atoms with van der Waals surface area (Å²) >= 11 is 0. The van der Waals surface area contributed by atoms with E-state index in [2.05, 4.69) is 13.0 Å². The molecule has 0 radical (unpaired) electrons. The monoisotopic (exact) mass is 288 g/mol. The van der Waals surface area contributed by atoms with Gasteiger partial charge in [0.1, 0.15) is 6.10 Å². The second kappa shape index (κ2) is 6.78. The number of ether oxygens (including phenoxy) is 1. The first kappa shape index (κ1) is 14.8. The summed E-state index contributed by atoms with van der Waals surface area (Å²) in [6.07, 6.45) is 11.4. The van der Waals surface area contributed by atoms with Gasteiger partial charge in [0, 0.05) is 17.8 Å². The topological polar surface area (TPSA) is 48.1 Å². The first-order chi connectivity index (χ1) is 10.3. The van der Waals surface area contributed by atoms with Crippen LogP contribution in [0.25, 0.3) is 0 Å². The molecular formula is C18H28N2O. The first-order valence-corrected chi connectivity index (χ1v) is 8.68. The third-order valence-corrected chi connectivity index (χ3v) is 5.15. The third kappa shape index (κ3) is 3.39.